The Kier molecular flexibility index (Phi) is 30.1. The van der Waals surface area contributed by atoms with Crippen molar-refractivity contribution in [3.8, 4) is 5.75 Å². The van der Waals surface area contributed by atoms with Gasteiger partial charge in [0, 0.05) is 56.4 Å². The van der Waals surface area contributed by atoms with Crippen LogP contribution in [0.15, 0.2) is 133 Å². The summed E-state index contributed by atoms with van der Waals surface area (Å²) in [6.07, 6.45) is -2.11. The molecule has 30 nitrogen and oxygen atoms in total. The predicted octanol–water partition coefficient (Wildman–Crippen LogP) is -0.964. The van der Waals surface area contributed by atoms with Crippen LogP contribution >= 0.6 is 22.6 Å². The lowest BCUT2D eigenvalue weighted by Gasteiger charge is -2.31. The largest absolute Gasteiger partial charge is 0.507 e. The standard InChI is InChI=1S/C68H84IN17O13/c69-45-33-42(24-28-54(45)87)36-49(59(72)92)83-60(93)46(19-10-30-77-67(73)74)81-65(98)53-21-12-32-86(53)66(99)48(20-11-31-78-68(75)76)82-64(97)52(38-56(71)89)85-61(94)47(27-29-55(70)88)80-63(96)51(34-39-13-4-1-5-14-39)84-62(95)50(79-57(90)37-40-15-6-2-7-16-40)35-41-22-25-44(26-23-41)58(91)43-17-8-3-9-18-43/h1-9,13-18,22-26,28,33,46-53,87H,10-12,19-21,27,29-32,34-38H2,(H2,70,88)(H2,71,89)(H2,72,92)(H,79,90)(H,80,96)(H,81,98)(H,82,97)(H,83,93)(H,84,95)(H,85,94)(H4,73,74,77)(H4,75,76,78)/t46-,47-,48-,49-,50-,51-,52-,53-/m0/s1. The number of nitrogens with two attached hydrogens (primary N) is 5. The van der Waals surface area contributed by atoms with Crippen molar-refractivity contribution in [1.29, 1.82) is 10.8 Å². The van der Waals surface area contributed by atoms with E-state index in [4.69, 9.17) is 39.5 Å². The number of amides is 11. The lowest BCUT2D eigenvalue weighted by atomic mass is 9.98. The van der Waals surface area contributed by atoms with Crippen molar-refractivity contribution >= 4 is 105 Å². The van der Waals surface area contributed by atoms with E-state index in [9.17, 15) is 62.6 Å². The van der Waals surface area contributed by atoms with Crippen LogP contribution in [0.2, 0.25) is 0 Å². The van der Waals surface area contributed by atoms with E-state index >= 15 is 0 Å². The molecule has 0 saturated carbocycles. The molecular formula is C68H84IN17O13. The van der Waals surface area contributed by atoms with Crippen LogP contribution in [-0.4, -0.2) is 161 Å². The lowest BCUT2D eigenvalue weighted by molar-refractivity contribution is -0.143. The summed E-state index contributed by atoms with van der Waals surface area (Å²) in [6, 6.07) is 24.9. The Hall–Kier alpha value is -11.0. The highest BCUT2D eigenvalue weighted by atomic mass is 127. The number of rotatable bonds is 38. The molecule has 0 unspecified atom stereocenters. The van der Waals surface area contributed by atoms with Gasteiger partial charge in [0.15, 0.2) is 17.7 Å². The Morgan fingerprint density at radius 1 is 0.495 bits per heavy atom. The molecule has 8 atom stereocenters. The van der Waals surface area contributed by atoms with E-state index in [1.54, 1.807) is 127 Å². The fourth-order valence-electron chi connectivity index (χ4n) is 10.9. The summed E-state index contributed by atoms with van der Waals surface area (Å²) in [7, 11) is 0. The van der Waals surface area contributed by atoms with Gasteiger partial charge in [-0.05, 0) is 102 Å². The minimum Gasteiger partial charge on any atom is -0.507 e. The molecule has 99 heavy (non-hydrogen) atoms. The van der Waals surface area contributed by atoms with Gasteiger partial charge in [-0.25, -0.2) is 0 Å². The van der Waals surface area contributed by atoms with E-state index in [0.29, 0.717) is 37.0 Å². The number of ketones is 1. The molecule has 526 valence electrons. The number of carbonyl (C=O) groups is 12. The van der Waals surface area contributed by atoms with Crippen molar-refractivity contribution in [2.75, 3.05) is 19.6 Å². The first kappa shape index (κ1) is 77.0. The van der Waals surface area contributed by atoms with E-state index in [1.165, 1.54) is 11.0 Å². The SMILES string of the molecule is N=C(N)NCCC[C@H](NC(=O)[C@@H]1CCCN1C(=O)[C@H](CCCNC(=N)N)NC(=O)[C@H](CC(N)=O)NC(=O)[C@H](CCC(N)=O)NC(=O)[C@H](Cc1ccccc1)NC(=O)[C@H](Cc1ccc(C(=O)c2ccccc2)cc1)NC(=O)Cc1ccccc1)C(=O)N[C@@H](Cc1ccc(O)c(I)c1)C(N)=O. The van der Waals surface area contributed by atoms with Gasteiger partial charge in [0.2, 0.25) is 65.0 Å². The van der Waals surface area contributed by atoms with Crippen LogP contribution in [0.5, 0.6) is 5.75 Å². The van der Waals surface area contributed by atoms with E-state index in [0.717, 1.165) is 0 Å². The Labute approximate surface area is 584 Å². The number of nitrogens with one attached hydrogen (secondary N) is 11. The van der Waals surface area contributed by atoms with Crippen LogP contribution in [-0.2, 0) is 78.4 Å². The van der Waals surface area contributed by atoms with Crippen LogP contribution in [0.3, 0.4) is 0 Å². The van der Waals surface area contributed by atoms with E-state index < -0.39 is 139 Å². The number of phenolic OH excluding ortho intramolecular Hbond substituents is 1. The molecule has 0 aliphatic carbocycles. The molecule has 6 rings (SSSR count). The molecule has 0 bridgehead atoms. The summed E-state index contributed by atoms with van der Waals surface area (Å²) in [5.41, 5.74) is 31.0. The van der Waals surface area contributed by atoms with Gasteiger partial charge in [0.1, 0.15) is 54.1 Å². The van der Waals surface area contributed by atoms with Crippen LogP contribution in [0.25, 0.3) is 0 Å². The first-order chi connectivity index (χ1) is 47.2. The van der Waals surface area contributed by atoms with Gasteiger partial charge in [0.25, 0.3) is 0 Å². The maximum atomic E-state index is 14.8. The molecule has 5 aromatic rings. The monoisotopic (exact) mass is 1470 g/mol. The zero-order valence-corrected chi connectivity index (χ0v) is 56.3. The summed E-state index contributed by atoms with van der Waals surface area (Å²) in [4.78, 5) is 168. The number of carbonyl (C=O) groups excluding carboxylic acids is 12. The molecule has 11 amide bonds. The zero-order chi connectivity index (χ0) is 72.1. The van der Waals surface area contributed by atoms with Crippen molar-refractivity contribution in [3.05, 3.63) is 170 Å². The third-order valence-corrected chi connectivity index (χ3v) is 16.8. The number of guanidine groups is 2. The highest BCUT2D eigenvalue weighted by Crippen LogP contribution is 2.23. The molecule has 0 radical (unpaired) electrons. The molecule has 0 aromatic heterocycles. The summed E-state index contributed by atoms with van der Waals surface area (Å²) in [5, 5.41) is 48.8. The number of nitrogens with zero attached hydrogens (tertiary/aromatic N) is 1. The average Bonchev–Trinajstić information content (AvgIpc) is 1.82. The number of benzene rings is 5. The molecule has 1 aliphatic rings. The number of halogens is 1. The minimum absolute atomic E-state index is 0.00778. The van der Waals surface area contributed by atoms with Crippen molar-refractivity contribution < 1.29 is 62.6 Å². The summed E-state index contributed by atoms with van der Waals surface area (Å²) >= 11 is 1.89. The number of phenols is 1. The van der Waals surface area contributed by atoms with Gasteiger partial charge in [-0.1, -0.05) is 121 Å². The van der Waals surface area contributed by atoms with Crippen LogP contribution in [0.1, 0.15) is 96.0 Å². The molecule has 1 fully saturated rings. The van der Waals surface area contributed by atoms with Crippen LogP contribution in [0.4, 0.5) is 0 Å². The second-order valence-electron chi connectivity index (χ2n) is 23.7. The first-order valence-electron chi connectivity index (χ1n) is 31.9. The number of hydrogen-bond acceptors (Lipinski definition) is 15. The van der Waals surface area contributed by atoms with Crippen molar-refractivity contribution in [2.24, 2.45) is 28.7 Å². The normalized spacial score (nSPS) is 14.5. The highest BCUT2D eigenvalue weighted by molar-refractivity contribution is 14.1. The van der Waals surface area contributed by atoms with Crippen LogP contribution < -0.4 is 76.5 Å². The van der Waals surface area contributed by atoms with Crippen molar-refractivity contribution in [2.45, 2.75) is 132 Å². The number of primary amides is 3. The molecule has 22 N–H and O–H groups in total. The molecule has 1 aliphatic heterocycles. The first-order valence-corrected chi connectivity index (χ1v) is 33.0. The quantitative estimate of drug-likeness (QED) is 0.00744. The Morgan fingerprint density at radius 2 is 0.949 bits per heavy atom. The molecule has 1 heterocycles. The third kappa shape index (κ3) is 25.5. The smallest absolute Gasteiger partial charge is 0.245 e. The Morgan fingerprint density at radius 3 is 1.51 bits per heavy atom. The van der Waals surface area contributed by atoms with Gasteiger partial charge in [0.05, 0.1) is 16.4 Å². The van der Waals surface area contributed by atoms with E-state index in [1.807, 2.05) is 22.6 Å². The van der Waals surface area contributed by atoms with E-state index in [-0.39, 0.29) is 101 Å². The molecule has 5 aromatic carbocycles. The topological polar surface area (TPSA) is 514 Å². The molecule has 1 saturated heterocycles. The van der Waals surface area contributed by atoms with Crippen molar-refractivity contribution in [3.63, 3.8) is 0 Å². The Balaban J connectivity index is 1.23. The van der Waals surface area contributed by atoms with Gasteiger partial charge in [-0.3, -0.25) is 68.4 Å². The second-order valence-corrected chi connectivity index (χ2v) is 24.8. The molecule has 31 heteroatoms. The average molecular weight is 1470 g/mol. The fraction of sp³-hybridized carbons (Fsp3) is 0.353. The summed E-state index contributed by atoms with van der Waals surface area (Å²) in [5.74, 6) is -11.0. The number of aromatic hydroxyl groups is 1. The second kappa shape index (κ2) is 38.7. The lowest BCUT2D eigenvalue weighted by Crippen LogP contribution is -2.61. The van der Waals surface area contributed by atoms with Gasteiger partial charge >= 0.3 is 0 Å². The molecular weight excluding hydrogens is 1390 g/mol. The highest BCUT2D eigenvalue weighted by Gasteiger charge is 2.41. The third-order valence-electron chi connectivity index (χ3n) is 16.0. The summed E-state index contributed by atoms with van der Waals surface area (Å²) in [6.45, 7) is 0.0777. The van der Waals surface area contributed by atoms with Crippen LogP contribution in [0, 0.1) is 14.4 Å². The predicted molar refractivity (Wildman–Crippen MR) is 373 cm³/mol. The molecule has 0 spiro atoms. The summed E-state index contributed by atoms with van der Waals surface area (Å²) < 4.78 is 0.470. The van der Waals surface area contributed by atoms with E-state index in [2.05, 4.69) is 47.9 Å². The zero-order valence-electron chi connectivity index (χ0n) is 54.2. The van der Waals surface area contributed by atoms with Gasteiger partial charge < -0.3 is 86.5 Å². The van der Waals surface area contributed by atoms with Crippen molar-refractivity contribution in [1.82, 2.24) is 52.8 Å². The fourth-order valence-corrected chi connectivity index (χ4v) is 11.5. The minimum atomic E-state index is -1.88. The van der Waals surface area contributed by atoms with Gasteiger partial charge in [-0.15, -0.1) is 0 Å². The maximum Gasteiger partial charge on any atom is 0.245 e. The number of likely N-dealkylation sites (tertiary alicyclic amines) is 1. The van der Waals surface area contributed by atoms with Gasteiger partial charge in [-0.2, -0.15) is 0 Å². The maximum absolute atomic E-state index is 14.8. The Bertz CT molecular complexity index is 3700. The number of hydrogen-bond donors (Lipinski definition) is 17.